The molecule has 0 saturated heterocycles. The fourth-order valence-electron chi connectivity index (χ4n) is 2.20. The van der Waals surface area contributed by atoms with Crippen molar-refractivity contribution in [1.29, 1.82) is 0 Å². The van der Waals surface area contributed by atoms with Crippen LogP contribution in [0, 0.1) is 0 Å². The number of benzene rings is 1. The normalized spacial score (nSPS) is 13.6. The first-order valence-electron chi connectivity index (χ1n) is 6.97. The number of hydrogen-bond acceptors (Lipinski definition) is 5. The smallest absolute Gasteiger partial charge is 0.325 e. The molecule has 0 atom stereocenters. The fourth-order valence-corrected chi connectivity index (χ4v) is 2.20. The van der Waals surface area contributed by atoms with Crippen LogP contribution in [0.3, 0.4) is 0 Å². The van der Waals surface area contributed by atoms with Gasteiger partial charge in [-0.1, -0.05) is 6.07 Å². The SMILES string of the molecule is CCOC(=O)CN(C(=O)c1cccc(N)c1OC)C1CC1. The number of hydrogen-bond donors (Lipinski definition) is 1. The van der Waals surface area contributed by atoms with Gasteiger partial charge in [-0.15, -0.1) is 0 Å². The van der Waals surface area contributed by atoms with Crippen LogP contribution < -0.4 is 10.5 Å². The minimum Gasteiger partial charge on any atom is -0.494 e. The number of nitrogen functional groups attached to an aromatic ring is 1. The van der Waals surface area contributed by atoms with Crippen molar-refractivity contribution in [3.05, 3.63) is 23.8 Å². The Morgan fingerprint density at radius 1 is 1.38 bits per heavy atom. The molecule has 2 rings (SSSR count). The zero-order valence-corrected chi connectivity index (χ0v) is 12.3. The molecule has 1 saturated carbocycles. The number of anilines is 1. The van der Waals surface area contributed by atoms with E-state index in [0.29, 0.717) is 23.6 Å². The number of amides is 1. The molecule has 1 aliphatic rings. The Labute approximate surface area is 123 Å². The number of nitrogens with two attached hydrogens (primary N) is 1. The molecule has 6 heteroatoms. The lowest BCUT2D eigenvalue weighted by atomic mass is 10.1. The van der Waals surface area contributed by atoms with E-state index in [2.05, 4.69) is 0 Å². The monoisotopic (exact) mass is 292 g/mol. The second-order valence-corrected chi connectivity index (χ2v) is 4.90. The van der Waals surface area contributed by atoms with Crippen LogP contribution in [0.1, 0.15) is 30.1 Å². The van der Waals surface area contributed by atoms with E-state index in [0.717, 1.165) is 12.8 Å². The average Bonchev–Trinajstić information content (AvgIpc) is 3.28. The van der Waals surface area contributed by atoms with Crippen molar-refractivity contribution in [2.45, 2.75) is 25.8 Å². The molecule has 2 N–H and O–H groups in total. The molecule has 6 nitrogen and oxygen atoms in total. The van der Waals surface area contributed by atoms with Crippen molar-refractivity contribution in [3.8, 4) is 5.75 Å². The van der Waals surface area contributed by atoms with Gasteiger partial charge in [0.25, 0.3) is 5.91 Å². The van der Waals surface area contributed by atoms with Gasteiger partial charge in [-0.25, -0.2) is 0 Å². The van der Waals surface area contributed by atoms with E-state index in [9.17, 15) is 9.59 Å². The molecule has 0 unspecified atom stereocenters. The van der Waals surface area contributed by atoms with Gasteiger partial charge >= 0.3 is 5.97 Å². The maximum Gasteiger partial charge on any atom is 0.325 e. The van der Waals surface area contributed by atoms with Crippen LogP contribution in [-0.2, 0) is 9.53 Å². The molecular formula is C15H20N2O4. The molecule has 1 fully saturated rings. The molecule has 114 valence electrons. The predicted molar refractivity (Wildman–Crippen MR) is 78.1 cm³/mol. The van der Waals surface area contributed by atoms with E-state index < -0.39 is 5.97 Å². The van der Waals surface area contributed by atoms with E-state index in [1.807, 2.05) is 0 Å². The number of nitrogens with zero attached hydrogens (tertiary/aromatic N) is 1. The molecule has 0 aromatic heterocycles. The van der Waals surface area contributed by atoms with Crippen LogP contribution in [0.15, 0.2) is 18.2 Å². The number of para-hydroxylation sites is 1. The van der Waals surface area contributed by atoms with Crippen molar-refractivity contribution >= 4 is 17.6 Å². The summed E-state index contributed by atoms with van der Waals surface area (Å²) in [6.45, 7) is 1.99. The highest BCUT2D eigenvalue weighted by molar-refractivity contribution is 6.00. The summed E-state index contributed by atoms with van der Waals surface area (Å²) in [5.74, 6) is -0.313. The van der Waals surface area contributed by atoms with E-state index in [1.165, 1.54) is 12.0 Å². The summed E-state index contributed by atoms with van der Waals surface area (Å²) in [4.78, 5) is 25.9. The highest BCUT2D eigenvalue weighted by Gasteiger charge is 2.35. The minimum absolute atomic E-state index is 0.0463. The summed E-state index contributed by atoms with van der Waals surface area (Å²) >= 11 is 0. The van der Waals surface area contributed by atoms with Crippen molar-refractivity contribution in [1.82, 2.24) is 4.90 Å². The van der Waals surface area contributed by atoms with Gasteiger partial charge < -0.3 is 20.1 Å². The van der Waals surface area contributed by atoms with Crippen LogP contribution >= 0.6 is 0 Å². The van der Waals surface area contributed by atoms with Crippen molar-refractivity contribution in [2.24, 2.45) is 0 Å². The van der Waals surface area contributed by atoms with Gasteiger partial charge in [-0.2, -0.15) is 0 Å². The van der Waals surface area contributed by atoms with E-state index >= 15 is 0 Å². The summed E-state index contributed by atoms with van der Waals surface area (Å²) in [6, 6.07) is 5.11. The summed E-state index contributed by atoms with van der Waals surface area (Å²) in [5.41, 5.74) is 6.59. The summed E-state index contributed by atoms with van der Waals surface area (Å²) in [7, 11) is 1.47. The van der Waals surface area contributed by atoms with Gasteiger partial charge in [0.15, 0.2) is 5.75 Å². The molecule has 0 aliphatic heterocycles. The molecule has 1 aromatic rings. The van der Waals surface area contributed by atoms with Gasteiger partial charge in [0.2, 0.25) is 0 Å². The van der Waals surface area contributed by atoms with Crippen LogP contribution in [0.4, 0.5) is 5.69 Å². The molecule has 0 radical (unpaired) electrons. The summed E-state index contributed by atoms with van der Waals surface area (Å²) in [6.07, 6.45) is 1.80. The zero-order chi connectivity index (χ0) is 15.4. The number of carbonyl (C=O) groups is 2. The molecule has 1 aliphatic carbocycles. The fraction of sp³-hybridized carbons (Fsp3) is 0.467. The molecule has 0 heterocycles. The largest absolute Gasteiger partial charge is 0.494 e. The average molecular weight is 292 g/mol. The Balaban J connectivity index is 2.23. The maximum absolute atomic E-state index is 12.7. The van der Waals surface area contributed by atoms with E-state index in [-0.39, 0.29) is 18.5 Å². The molecule has 1 aromatic carbocycles. The van der Waals surface area contributed by atoms with Gasteiger partial charge in [0.1, 0.15) is 6.54 Å². The Morgan fingerprint density at radius 3 is 2.67 bits per heavy atom. The van der Waals surface area contributed by atoms with Gasteiger partial charge in [-0.05, 0) is 31.9 Å². The van der Waals surface area contributed by atoms with Crippen LogP contribution in [0.25, 0.3) is 0 Å². The second-order valence-electron chi connectivity index (χ2n) is 4.90. The lowest BCUT2D eigenvalue weighted by molar-refractivity contribution is -0.144. The van der Waals surface area contributed by atoms with Crippen molar-refractivity contribution < 1.29 is 19.1 Å². The minimum atomic E-state index is -0.402. The first kappa shape index (κ1) is 15.2. The standard InChI is InChI=1S/C15H20N2O4/c1-3-21-13(18)9-17(10-7-8-10)15(19)11-5-4-6-12(16)14(11)20-2/h4-6,10H,3,7-9,16H2,1-2H3. The lowest BCUT2D eigenvalue weighted by Gasteiger charge is -2.22. The number of esters is 1. The highest BCUT2D eigenvalue weighted by Crippen LogP contribution is 2.32. The van der Waals surface area contributed by atoms with Gasteiger partial charge in [-0.3, -0.25) is 9.59 Å². The van der Waals surface area contributed by atoms with Crippen LogP contribution in [-0.4, -0.2) is 43.1 Å². The number of ether oxygens (including phenoxy) is 2. The Kier molecular flexibility index (Phi) is 4.67. The zero-order valence-electron chi connectivity index (χ0n) is 12.3. The van der Waals surface area contributed by atoms with Crippen LogP contribution in [0.5, 0.6) is 5.75 Å². The number of methoxy groups -OCH3 is 1. The summed E-state index contributed by atoms with van der Waals surface area (Å²) < 4.78 is 10.1. The predicted octanol–water partition coefficient (Wildman–Crippen LogP) is 1.45. The molecule has 21 heavy (non-hydrogen) atoms. The quantitative estimate of drug-likeness (QED) is 0.634. The van der Waals surface area contributed by atoms with Crippen LogP contribution in [0.2, 0.25) is 0 Å². The van der Waals surface area contributed by atoms with Crippen molar-refractivity contribution in [2.75, 3.05) is 26.0 Å². The van der Waals surface area contributed by atoms with Gasteiger partial charge in [0, 0.05) is 6.04 Å². The Hall–Kier alpha value is -2.24. The lowest BCUT2D eigenvalue weighted by Crippen LogP contribution is -2.38. The Morgan fingerprint density at radius 2 is 2.10 bits per heavy atom. The topological polar surface area (TPSA) is 81.9 Å². The molecular weight excluding hydrogens is 272 g/mol. The summed E-state index contributed by atoms with van der Waals surface area (Å²) in [5, 5.41) is 0. The molecule has 0 bridgehead atoms. The van der Waals surface area contributed by atoms with E-state index in [4.69, 9.17) is 15.2 Å². The second kappa shape index (κ2) is 6.47. The highest BCUT2D eigenvalue weighted by atomic mass is 16.5. The van der Waals surface area contributed by atoms with Gasteiger partial charge in [0.05, 0.1) is 25.0 Å². The third-order valence-electron chi connectivity index (χ3n) is 3.33. The maximum atomic E-state index is 12.7. The first-order chi connectivity index (χ1) is 10.1. The Bertz CT molecular complexity index is 540. The number of carbonyl (C=O) groups excluding carboxylic acids is 2. The van der Waals surface area contributed by atoms with E-state index in [1.54, 1.807) is 25.1 Å². The number of rotatable bonds is 6. The van der Waals surface area contributed by atoms with Crippen molar-refractivity contribution in [3.63, 3.8) is 0 Å². The first-order valence-corrected chi connectivity index (χ1v) is 6.97. The third-order valence-corrected chi connectivity index (χ3v) is 3.33. The molecule has 1 amide bonds. The molecule has 0 spiro atoms. The third kappa shape index (κ3) is 3.45.